The van der Waals surface area contributed by atoms with Crippen molar-refractivity contribution in [1.29, 1.82) is 0 Å². The molecule has 0 aliphatic rings. The number of carboxylic acid groups (broad SMARTS) is 1. The first-order chi connectivity index (χ1) is 20.5. The highest BCUT2D eigenvalue weighted by molar-refractivity contribution is 6.05. The molecule has 3 rings (SSSR count). The summed E-state index contributed by atoms with van der Waals surface area (Å²) in [6.07, 6.45) is -15.2. The largest absolute Gasteiger partial charge is 0.478 e. The van der Waals surface area contributed by atoms with E-state index in [1.165, 1.54) is 18.2 Å². The van der Waals surface area contributed by atoms with Gasteiger partial charge >= 0.3 is 36.2 Å². The maximum Gasteiger partial charge on any atom is 0.416 e. The van der Waals surface area contributed by atoms with Crippen molar-refractivity contribution in [1.82, 2.24) is 0 Å². The van der Waals surface area contributed by atoms with Gasteiger partial charge in [-0.25, -0.2) is 19.2 Å². The zero-order chi connectivity index (χ0) is 32.8. The predicted molar refractivity (Wildman–Crippen MR) is 135 cm³/mol. The highest BCUT2D eigenvalue weighted by atomic mass is 19.4. The Morgan fingerprint density at radius 3 is 1.61 bits per heavy atom. The third-order valence-corrected chi connectivity index (χ3v) is 5.69. The number of anilines is 1. The summed E-state index contributed by atoms with van der Waals surface area (Å²) in [6.45, 7) is 0. The molecule has 0 saturated heterocycles. The van der Waals surface area contributed by atoms with E-state index in [0.717, 1.165) is 37.4 Å². The average Bonchev–Trinajstić information content (AvgIpc) is 2.97. The Bertz CT molecular complexity index is 1590. The molecule has 0 aliphatic heterocycles. The fourth-order valence-electron chi connectivity index (χ4n) is 3.59. The van der Waals surface area contributed by atoms with Crippen LogP contribution in [0.15, 0.2) is 72.8 Å². The fourth-order valence-corrected chi connectivity index (χ4v) is 3.59. The normalized spacial score (nSPS) is 12.8. The van der Waals surface area contributed by atoms with Crippen molar-refractivity contribution < 1.29 is 69.6 Å². The molecule has 0 radical (unpaired) electrons. The molecule has 16 heteroatoms. The van der Waals surface area contributed by atoms with Crippen LogP contribution in [0.5, 0.6) is 0 Å². The highest BCUT2D eigenvalue weighted by Gasteiger charge is 2.42. The quantitative estimate of drug-likeness (QED) is 0.191. The SMILES string of the molecule is COC(=O)c1ccccc1NC(=O)[C@@H](OC(=O)c1cccc(C(F)(F)F)c1)[C@H](OC(=O)c1cccc(C(F)(F)F)c1)C(=O)O. The number of carboxylic acids is 1. The molecule has 2 atom stereocenters. The minimum absolute atomic E-state index is 0.265. The van der Waals surface area contributed by atoms with Crippen LogP contribution in [0.4, 0.5) is 32.0 Å². The third kappa shape index (κ3) is 8.11. The van der Waals surface area contributed by atoms with Gasteiger partial charge in [0, 0.05) is 0 Å². The molecule has 0 heterocycles. The number of esters is 3. The maximum atomic E-state index is 13.3. The summed E-state index contributed by atoms with van der Waals surface area (Å²) in [6, 6.07) is 10.3. The van der Waals surface area contributed by atoms with E-state index < -0.39 is 76.6 Å². The van der Waals surface area contributed by atoms with Gasteiger partial charge in [0.2, 0.25) is 12.2 Å². The molecule has 232 valence electrons. The number of alkyl halides is 6. The van der Waals surface area contributed by atoms with Crippen LogP contribution in [-0.2, 0) is 36.2 Å². The van der Waals surface area contributed by atoms with Crippen molar-refractivity contribution >= 4 is 35.5 Å². The van der Waals surface area contributed by atoms with Gasteiger partial charge in [0.1, 0.15) is 0 Å². The van der Waals surface area contributed by atoms with E-state index in [4.69, 9.17) is 9.47 Å². The Morgan fingerprint density at radius 1 is 0.682 bits per heavy atom. The van der Waals surface area contributed by atoms with Gasteiger partial charge in [0.05, 0.1) is 40.6 Å². The first kappa shape index (κ1) is 33.1. The van der Waals surface area contributed by atoms with E-state index in [9.17, 15) is 55.4 Å². The zero-order valence-electron chi connectivity index (χ0n) is 22.1. The van der Waals surface area contributed by atoms with Gasteiger partial charge in [0.25, 0.3) is 5.91 Å². The van der Waals surface area contributed by atoms with E-state index in [1.54, 1.807) is 0 Å². The minimum Gasteiger partial charge on any atom is -0.478 e. The monoisotopic (exact) mass is 627 g/mol. The second kappa shape index (κ2) is 13.3. The van der Waals surface area contributed by atoms with E-state index in [2.05, 4.69) is 10.1 Å². The number of hydrogen-bond donors (Lipinski definition) is 2. The molecule has 44 heavy (non-hydrogen) atoms. The molecule has 3 aromatic rings. The Morgan fingerprint density at radius 2 is 1.16 bits per heavy atom. The molecular weight excluding hydrogens is 608 g/mol. The molecule has 0 spiro atoms. The minimum atomic E-state index is -4.91. The lowest BCUT2D eigenvalue weighted by atomic mass is 10.1. The molecule has 0 fully saturated rings. The van der Waals surface area contributed by atoms with Crippen LogP contribution < -0.4 is 5.32 Å². The molecule has 0 unspecified atom stereocenters. The van der Waals surface area contributed by atoms with Gasteiger partial charge in [0.15, 0.2) is 0 Å². The van der Waals surface area contributed by atoms with Crippen LogP contribution in [0.3, 0.4) is 0 Å². The van der Waals surface area contributed by atoms with Gasteiger partial charge < -0.3 is 24.6 Å². The lowest BCUT2D eigenvalue weighted by molar-refractivity contribution is -0.157. The zero-order valence-corrected chi connectivity index (χ0v) is 22.1. The lowest BCUT2D eigenvalue weighted by Crippen LogP contribution is -2.48. The number of para-hydroxylation sites is 1. The smallest absolute Gasteiger partial charge is 0.416 e. The molecule has 0 saturated carbocycles. The van der Waals surface area contributed by atoms with Crippen LogP contribution in [0, 0.1) is 0 Å². The number of ether oxygens (including phenoxy) is 3. The van der Waals surface area contributed by atoms with Crippen molar-refractivity contribution in [2.24, 2.45) is 0 Å². The van der Waals surface area contributed by atoms with E-state index in [1.807, 2.05) is 0 Å². The Labute approximate surface area is 243 Å². The number of methoxy groups -OCH3 is 1. The summed E-state index contributed by atoms with van der Waals surface area (Å²) in [4.78, 5) is 63.1. The molecule has 10 nitrogen and oxygen atoms in total. The molecule has 0 aromatic heterocycles. The van der Waals surface area contributed by atoms with Gasteiger partial charge in [-0.1, -0.05) is 24.3 Å². The van der Waals surface area contributed by atoms with Crippen LogP contribution in [0.2, 0.25) is 0 Å². The molecule has 0 bridgehead atoms. The number of nitrogens with one attached hydrogen (secondary N) is 1. The number of benzene rings is 3. The summed E-state index contributed by atoms with van der Waals surface area (Å²) < 4.78 is 93.2. The molecule has 2 N–H and O–H groups in total. The number of hydrogen-bond acceptors (Lipinski definition) is 8. The van der Waals surface area contributed by atoms with Crippen LogP contribution >= 0.6 is 0 Å². The van der Waals surface area contributed by atoms with E-state index >= 15 is 0 Å². The lowest BCUT2D eigenvalue weighted by Gasteiger charge is -2.24. The molecule has 1 amide bonds. The number of carbonyl (C=O) groups excluding carboxylic acids is 4. The Balaban J connectivity index is 2.02. The van der Waals surface area contributed by atoms with E-state index in [-0.39, 0.29) is 11.3 Å². The van der Waals surface area contributed by atoms with Crippen LogP contribution in [0.25, 0.3) is 0 Å². The Kier molecular flexibility index (Phi) is 9.98. The standard InChI is InChI=1S/C28H19F6NO9/c1-42-26(41)18-10-2-3-11-19(18)35-22(36)20(43-24(39)14-6-4-8-16(12-14)27(29,30)31)21(23(37)38)44-25(40)15-7-5-9-17(13-15)28(32,33)34/h2-13,20-21H,1H3,(H,35,36)(H,37,38)/t20-,21-/m0/s1. The van der Waals surface area contributed by atoms with Crippen molar-refractivity contribution in [2.75, 3.05) is 12.4 Å². The highest BCUT2D eigenvalue weighted by Crippen LogP contribution is 2.31. The molecule has 3 aromatic carbocycles. The Hall–Kier alpha value is -5.41. The maximum absolute atomic E-state index is 13.3. The second-order valence-electron chi connectivity index (χ2n) is 8.67. The third-order valence-electron chi connectivity index (χ3n) is 5.69. The number of aliphatic carboxylic acids is 1. The number of halogens is 6. The number of carbonyl (C=O) groups is 5. The van der Waals surface area contributed by atoms with Crippen LogP contribution in [0.1, 0.15) is 42.2 Å². The first-order valence-electron chi connectivity index (χ1n) is 12.0. The van der Waals surface area contributed by atoms with Crippen molar-refractivity contribution in [2.45, 2.75) is 24.6 Å². The summed E-state index contributed by atoms with van der Waals surface area (Å²) in [7, 11) is 1.01. The second-order valence-corrected chi connectivity index (χ2v) is 8.67. The summed E-state index contributed by atoms with van der Waals surface area (Å²) in [5, 5.41) is 11.9. The molecule has 0 aliphatic carbocycles. The number of amides is 1. The first-order valence-corrected chi connectivity index (χ1v) is 12.0. The fraction of sp³-hybridized carbons (Fsp3) is 0.179. The van der Waals surface area contributed by atoms with Crippen molar-refractivity contribution in [3.05, 3.63) is 101 Å². The summed E-state index contributed by atoms with van der Waals surface area (Å²) in [5.41, 5.74) is -4.77. The van der Waals surface area contributed by atoms with E-state index in [0.29, 0.717) is 24.3 Å². The van der Waals surface area contributed by atoms with Gasteiger partial charge in [-0.2, -0.15) is 26.3 Å². The summed E-state index contributed by atoms with van der Waals surface area (Å²) >= 11 is 0. The van der Waals surface area contributed by atoms with Gasteiger partial charge in [-0.15, -0.1) is 0 Å². The topological polar surface area (TPSA) is 145 Å². The van der Waals surface area contributed by atoms with Gasteiger partial charge in [-0.05, 0) is 48.5 Å². The van der Waals surface area contributed by atoms with Crippen molar-refractivity contribution in [3.8, 4) is 0 Å². The summed E-state index contributed by atoms with van der Waals surface area (Å²) in [5.74, 6) is -8.01. The van der Waals surface area contributed by atoms with Crippen molar-refractivity contribution in [3.63, 3.8) is 0 Å². The number of rotatable bonds is 9. The predicted octanol–water partition coefficient (Wildman–Crippen LogP) is 4.99. The average molecular weight is 627 g/mol. The van der Waals surface area contributed by atoms with Crippen LogP contribution in [-0.4, -0.2) is 54.2 Å². The van der Waals surface area contributed by atoms with Gasteiger partial charge in [-0.3, -0.25) is 4.79 Å². The molecular formula is C28H19F6NO9.